The molecular weight excluding hydrogens is 244 g/mol. The maximum atomic E-state index is 11.8. The minimum absolute atomic E-state index is 0.0261. The molecule has 0 aliphatic heterocycles. The molecule has 0 aromatic rings. The number of aliphatic carboxylic acids is 1. The number of carbonyl (C=O) groups excluding carboxylic acids is 1. The van der Waals surface area contributed by atoms with Crippen LogP contribution in [-0.4, -0.2) is 29.2 Å². The van der Waals surface area contributed by atoms with Gasteiger partial charge in [-0.15, -0.1) is 0 Å². The molecule has 110 valence electrons. The first-order valence-corrected chi connectivity index (χ1v) is 7.31. The van der Waals surface area contributed by atoms with Crippen LogP contribution in [0.3, 0.4) is 0 Å². The summed E-state index contributed by atoms with van der Waals surface area (Å²) >= 11 is 0. The maximum absolute atomic E-state index is 11.8. The first-order valence-electron chi connectivity index (χ1n) is 7.31. The molecule has 1 aliphatic rings. The van der Waals surface area contributed by atoms with Crippen LogP contribution in [0.2, 0.25) is 0 Å². The standard InChI is InChI=1S/C14H26N2O3/c1-3-12(9-13(17)18)16-14(19)15-10(2)11-7-5-4-6-8-11/h10-12H,3-9H2,1-2H3,(H,17,18)(H2,15,16,19). The molecule has 19 heavy (non-hydrogen) atoms. The van der Waals surface area contributed by atoms with Gasteiger partial charge in [0.25, 0.3) is 0 Å². The Morgan fingerprint density at radius 1 is 1.21 bits per heavy atom. The summed E-state index contributed by atoms with van der Waals surface area (Å²) in [6.07, 6.45) is 6.73. The molecule has 3 N–H and O–H groups in total. The van der Waals surface area contributed by atoms with Crippen molar-refractivity contribution in [2.75, 3.05) is 0 Å². The molecule has 0 aromatic carbocycles. The van der Waals surface area contributed by atoms with Crippen molar-refractivity contribution in [2.45, 2.75) is 70.9 Å². The topological polar surface area (TPSA) is 78.4 Å². The van der Waals surface area contributed by atoms with E-state index in [1.807, 2.05) is 13.8 Å². The number of nitrogens with one attached hydrogen (secondary N) is 2. The second-order valence-electron chi connectivity index (χ2n) is 5.51. The van der Waals surface area contributed by atoms with E-state index in [-0.39, 0.29) is 24.5 Å². The molecule has 5 nitrogen and oxygen atoms in total. The zero-order valence-electron chi connectivity index (χ0n) is 11.9. The van der Waals surface area contributed by atoms with E-state index in [2.05, 4.69) is 10.6 Å². The number of rotatable bonds is 6. The summed E-state index contributed by atoms with van der Waals surface area (Å²) in [6.45, 7) is 3.91. The third-order valence-electron chi connectivity index (χ3n) is 3.96. The maximum Gasteiger partial charge on any atom is 0.315 e. The van der Waals surface area contributed by atoms with Gasteiger partial charge >= 0.3 is 12.0 Å². The van der Waals surface area contributed by atoms with Crippen molar-refractivity contribution >= 4 is 12.0 Å². The van der Waals surface area contributed by atoms with E-state index in [1.165, 1.54) is 32.1 Å². The van der Waals surface area contributed by atoms with Gasteiger partial charge in [0, 0.05) is 12.1 Å². The highest BCUT2D eigenvalue weighted by Crippen LogP contribution is 2.26. The van der Waals surface area contributed by atoms with Crippen LogP contribution < -0.4 is 10.6 Å². The third-order valence-corrected chi connectivity index (χ3v) is 3.96. The number of carboxylic acid groups (broad SMARTS) is 1. The summed E-state index contributed by atoms with van der Waals surface area (Å²) < 4.78 is 0. The zero-order valence-corrected chi connectivity index (χ0v) is 11.9. The highest BCUT2D eigenvalue weighted by molar-refractivity contribution is 5.76. The molecule has 1 rings (SSSR count). The Hall–Kier alpha value is -1.26. The molecule has 2 atom stereocenters. The van der Waals surface area contributed by atoms with Crippen molar-refractivity contribution < 1.29 is 14.7 Å². The first kappa shape index (κ1) is 15.8. The van der Waals surface area contributed by atoms with Crippen molar-refractivity contribution in [1.29, 1.82) is 0 Å². The molecule has 0 aromatic heterocycles. The van der Waals surface area contributed by atoms with Gasteiger partial charge in [-0.25, -0.2) is 4.79 Å². The first-order chi connectivity index (χ1) is 9.02. The van der Waals surface area contributed by atoms with Gasteiger partial charge in [0.05, 0.1) is 6.42 Å². The Morgan fingerprint density at radius 2 is 1.84 bits per heavy atom. The Bertz CT molecular complexity index is 301. The Morgan fingerprint density at radius 3 is 2.37 bits per heavy atom. The molecule has 0 spiro atoms. The van der Waals surface area contributed by atoms with Gasteiger partial charge in [-0.3, -0.25) is 4.79 Å². The van der Waals surface area contributed by atoms with E-state index in [0.29, 0.717) is 12.3 Å². The summed E-state index contributed by atoms with van der Waals surface area (Å²) in [5.41, 5.74) is 0. The molecule has 0 radical (unpaired) electrons. The van der Waals surface area contributed by atoms with Crippen LogP contribution in [0.25, 0.3) is 0 Å². The minimum atomic E-state index is -0.882. The number of carboxylic acids is 1. The minimum Gasteiger partial charge on any atom is -0.481 e. The summed E-state index contributed by atoms with van der Waals surface area (Å²) in [4.78, 5) is 22.5. The highest BCUT2D eigenvalue weighted by atomic mass is 16.4. The zero-order chi connectivity index (χ0) is 14.3. The second-order valence-corrected chi connectivity index (χ2v) is 5.51. The largest absolute Gasteiger partial charge is 0.481 e. The molecular formula is C14H26N2O3. The molecule has 2 unspecified atom stereocenters. The van der Waals surface area contributed by atoms with E-state index < -0.39 is 5.97 Å². The van der Waals surface area contributed by atoms with Crippen LogP contribution in [0.4, 0.5) is 4.79 Å². The van der Waals surface area contributed by atoms with Crippen molar-refractivity contribution in [3.63, 3.8) is 0 Å². The van der Waals surface area contributed by atoms with Gasteiger partial charge < -0.3 is 15.7 Å². The van der Waals surface area contributed by atoms with Crippen LogP contribution >= 0.6 is 0 Å². The van der Waals surface area contributed by atoms with Crippen LogP contribution in [0, 0.1) is 5.92 Å². The highest BCUT2D eigenvalue weighted by Gasteiger charge is 2.22. The smallest absolute Gasteiger partial charge is 0.315 e. The predicted molar refractivity (Wildman–Crippen MR) is 74.0 cm³/mol. The van der Waals surface area contributed by atoms with Gasteiger partial charge in [-0.05, 0) is 32.1 Å². The molecule has 1 fully saturated rings. The van der Waals surface area contributed by atoms with Crippen molar-refractivity contribution in [3.8, 4) is 0 Å². The fourth-order valence-electron chi connectivity index (χ4n) is 2.69. The quantitative estimate of drug-likeness (QED) is 0.694. The Kier molecular flexibility index (Phi) is 6.67. The average Bonchev–Trinajstić information content (AvgIpc) is 2.38. The van der Waals surface area contributed by atoms with Crippen molar-refractivity contribution in [3.05, 3.63) is 0 Å². The third kappa shape index (κ3) is 5.94. The Labute approximate surface area is 115 Å². The van der Waals surface area contributed by atoms with Crippen LogP contribution in [0.15, 0.2) is 0 Å². The van der Waals surface area contributed by atoms with Crippen LogP contribution in [0.5, 0.6) is 0 Å². The molecule has 1 saturated carbocycles. The number of hydrogen-bond acceptors (Lipinski definition) is 2. The molecule has 0 bridgehead atoms. The lowest BCUT2D eigenvalue weighted by atomic mass is 9.85. The van der Waals surface area contributed by atoms with Gasteiger partial charge in [0.15, 0.2) is 0 Å². The van der Waals surface area contributed by atoms with Crippen molar-refractivity contribution in [1.82, 2.24) is 10.6 Å². The van der Waals surface area contributed by atoms with E-state index >= 15 is 0 Å². The van der Waals surface area contributed by atoms with Gasteiger partial charge in [0.2, 0.25) is 0 Å². The number of carbonyl (C=O) groups is 2. The normalized spacial score (nSPS) is 19.5. The average molecular weight is 270 g/mol. The molecule has 2 amide bonds. The van der Waals surface area contributed by atoms with Gasteiger partial charge in [-0.2, -0.15) is 0 Å². The fraction of sp³-hybridized carbons (Fsp3) is 0.857. The number of urea groups is 1. The lowest BCUT2D eigenvalue weighted by molar-refractivity contribution is -0.137. The van der Waals surface area contributed by atoms with Crippen LogP contribution in [-0.2, 0) is 4.79 Å². The fourth-order valence-corrected chi connectivity index (χ4v) is 2.69. The van der Waals surface area contributed by atoms with E-state index in [9.17, 15) is 9.59 Å². The molecule has 5 heteroatoms. The lowest BCUT2D eigenvalue weighted by Crippen LogP contribution is -2.48. The molecule has 1 aliphatic carbocycles. The van der Waals surface area contributed by atoms with E-state index in [0.717, 1.165) is 0 Å². The molecule has 0 heterocycles. The van der Waals surface area contributed by atoms with E-state index in [1.54, 1.807) is 0 Å². The SMILES string of the molecule is CCC(CC(=O)O)NC(=O)NC(C)C1CCCCC1. The number of hydrogen-bond donors (Lipinski definition) is 3. The Balaban J connectivity index is 2.34. The molecule has 0 saturated heterocycles. The second kappa shape index (κ2) is 8.02. The summed E-state index contributed by atoms with van der Waals surface area (Å²) in [5, 5.41) is 14.4. The van der Waals surface area contributed by atoms with Crippen molar-refractivity contribution in [2.24, 2.45) is 5.92 Å². The predicted octanol–water partition coefficient (Wildman–Crippen LogP) is 2.51. The monoisotopic (exact) mass is 270 g/mol. The number of amides is 2. The lowest BCUT2D eigenvalue weighted by Gasteiger charge is -2.28. The summed E-state index contributed by atoms with van der Waals surface area (Å²) in [7, 11) is 0. The van der Waals surface area contributed by atoms with E-state index in [4.69, 9.17) is 5.11 Å². The van der Waals surface area contributed by atoms with Gasteiger partial charge in [-0.1, -0.05) is 26.2 Å². The summed E-state index contributed by atoms with van der Waals surface area (Å²) in [5.74, 6) is -0.327. The van der Waals surface area contributed by atoms with Gasteiger partial charge in [0.1, 0.15) is 0 Å². The summed E-state index contributed by atoms with van der Waals surface area (Å²) in [6, 6.07) is -0.384. The van der Waals surface area contributed by atoms with Crippen LogP contribution in [0.1, 0.15) is 58.8 Å².